The number of hydrogen-bond acceptors (Lipinski definition) is 2. The lowest BCUT2D eigenvalue weighted by atomic mass is 10.0. The molecule has 0 saturated carbocycles. The molecule has 0 radical (unpaired) electrons. The molecule has 1 unspecified atom stereocenters. The van der Waals surface area contributed by atoms with E-state index in [1.54, 1.807) is 0 Å². The largest absolute Gasteiger partial charge is 0.396 e. The van der Waals surface area contributed by atoms with Gasteiger partial charge in [-0.3, -0.25) is 4.79 Å². The van der Waals surface area contributed by atoms with Crippen LogP contribution in [0.2, 0.25) is 0 Å². The molecule has 3 nitrogen and oxygen atoms in total. The van der Waals surface area contributed by atoms with Crippen LogP contribution in [0.4, 0.5) is 10.1 Å². The molecular formula is C13H15FN2O. The summed E-state index contributed by atoms with van der Waals surface area (Å²) in [7, 11) is 0. The van der Waals surface area contributed by atoms with Gasteiger partial charge >= 0.3 is 0 Å². The Kier molecular flexibility index (Phi) is 3.42. The number of carbonyl (C=O) groups is 1. The standard InChI is InChI=1S/C13H15FN2O/c14-11-8-9(6-7-12(11)15)13(17)16-10-4-2-1-3-5-10/h1-2,6-8,10H,3-5,15H2,(H,16,17). The van der Waals surface area contributed by atoms with E-state index in [1.165, 1.54) is 18.2 Å². The second-order valence-electron chi connectivity index (χ2n) is 4.19. The average molecular weight is 234 g/mol. The molecular weight excluding hydrogens is 219 g/mol. The normalized spacial score (nSPS) is 19.0. The third-order valence-electron chi connectivity index (χ3n) is 2.87. The van der Waals surface area contributed by atoms with E-state index >= 15 is 0 Å². The molecule has 0 aliphatic heterocycles. The molecule has 1 atom stereocenters. The van der Waals surface area contributed by atoms with Crippen LogP contribution in [0.1, 0.15) is 29.6 Å². The zero-order valence-corrected chi connectivity index (χ0v) is 9.45. The van der Waals surface area contributed by atoms with Crippen molar-refractivity contribution in [3.8, 4) is 0 Å². The molecule has 0 saturated heterocycles. The molecule has 2 rings (SSSR count). The Labute approximate surface area is 99.5 Å². The van der Waals surface area contributed by atoms with E-state index in [1.807, 2.05) is 0 Å². The lowest BCUT2D eigenvalue weighted by Gasteiger charge is -2.19. The highest BCUT2D eigenvalue weighted by atomic mass is 19.1. The number of allylic oxidation sites excluding steroid dienone is 1. The third kappa shape index (κ3) is 2.84. The summed E-state index contributed by atoms with van der Waals surface area (Å²) in [4.78, 5) is 11.8. The Balaban J connectivity index is 2.03. The molecule has 1 aliphatic rings. The summed E-state index contributed by atoms with van der Waals surface area (Å²) in [6.07, 6.45) is 6.90. The molecule has 1 aromatic carbocycles. The number of rotatable bonds is 2. The first-order valence-electron chi connectivity index (χ1n) is 5.67. The van der Waals surface area contributed by atoms with Crippen LogP contribution in [-0.2, 0) is 0 Å². The zero-order valence-electron chi connectivity index (χ0n) is 9.45. The van der Waals surface area contributed by atoms with Crippen molar-refractivity contribution in [2.24, 2.45) is 0 Å². The summed E-state index contributed by atoms with van der Waals surface area (Å²) >= 11 is 0. The number of nitrogens with two attached hydrogens (primary N) is 1. The van der Waals surface area contributed by atoms with E-state index in [-0.39, 0.29) is 17.6 Å². The summed E-state index contributed by atoms with van der Waals surface area (Å²) in [5.41, 5.74) is 5.73. The SMILES string of the molecule is Nc1ccc(C(=O)NC2CC=CCC2)cc1F. The Bertz CT molecular complexity index is 457. The van der Waals surface area contributed by atoms with Gasteiger partial charge in [0.15, 0.2) is 0 Å². The van der Waals surface area contributed by atoms with Gasteiger partial charge in [-0.05, 0) is 37.5 Å². The number of halogens is 1. The van der Waals surface area contributed by atoms with E-state index in [0.717, 1.165) is 19.3 Å². The van der Waals surface area contributed by atoms with Gasteiger partial charge in [-0.2, -0.15) is 0 Å². The van der Waals surface area contributed by atoms with E-state index < -0.39 is 5.82 Å². The van der Waals surface area contributed by atoms with Crippen molar-refractivity contribution in [1.82, 2.24) is 5.32 Å². The summed E-state index contributed by atoms with van der Waals surface area (Å²) in [5, 5.41) is 2.88. The van der Waals surface area contributed by atoms with Crippen molar-refractivity contribution < 1.29 is 9.18 Å². The maximum atomic E-state index is 13.2. The van der Waals surface area contributed by atoms with Crippen LogP contribution in [0.25, 0.3) is 0 Å². The summed E-state index contributed by atoms with van der Waals surface area (Å²) in [6, 6.07) is 4.26. The van der Waals surface area contributed by atoms with Crippen molar-refractivity contribution in [2.45, 2.75) is 25.3 Å². The fraction of sp³-hybridized carbons (Fsp3) is 0.308. The van der Waals surface area contributed by atoms with E-state index in [9.17, 15) is 9.18 Å². The van der Waals surface area contributed by atoms with Crippen molar-refractivity contribution in [1.29, 1.82) is 0 Å². The highest BCUT2D eigenvalue weighted by molar-refractivity contribution is 5.94. The molecule has 0 spiro atoms. The van der Waals surface area contributed by atoms with Crippen LogP contribution < -0.4 is 11.1 Å². The van der Waals surface area contributed by atoms with Gasteiger partial charge in [-0.1, -0.05) is 12.2 Å². The number of benzene rings is 1. The molecule has 90 valence electrons. The van der Waals surface area contributed by atoms with E-state index in [0.29, 0.717) is 5.56 Å². The van der Waals surface area contributed by atoms with Crippen molar-refractivity contribution in [2.75, 3.05) is 5.73 Å². The van der Waals surface area contributed by atoms with Gasteiger partial charge in [-0.25, -0.2) is 4.39 Å². The van der Waals surface area contributed by atoms with E-state index in [4.69, 9.17) is 5.73 Å². The number of nitrogens with one attached hydrogen (secondary N) is 1. The Morgan fingerprint density at radius 2 is 2.24 bits per heavy atom. The van der Waals surface area contributed by atoms with Crippen LogP contribution >= 0.6 is 0 Å². The number of anilines is 1. The Morgan fingerprint density at radius 1 is 1.41 bits per heavy atom. The smallest absolute Gasteiger partial charge is 0.251 e. The minimum absolute atomic E-state index is 0.0575. The molecule has 0 heterocycles. The summed E-state index contributed by atoms with van der Waals surface area (Å²) in [6.45, 7) is 0. The van der Waals surface area contributed by atoms with Crippen LogP contribution in [0.5, 0.6) is 0 Å². The second kappa shape index (κ2) is 4.99. The Hall–Kier alpha value is -1.84. The molecule has 1 amide bonds. The van der Waals surface area contributed by atoms with Crippen molar-refractivity contribution in [3.05, 3.63) is 41.7 Å². The van der Waals surface area contributed by atoms with Crippen LogP contribution in [0, 0.1) is 5.82 Å². The number of carbonyl (C=O) groups excluding carboxylic acids is 1. The van der Waals surface area contributed by atoms with Gasteiger partial charge in [0.25, 0.3) is 5.91 Å². The fourth-order valence-electron chi connectivity index (χ4n) is 1.86. The highest BCUT2D eigenvalue weighted by Crippen LogP contribution is 2.14. The van der Waals surface area contributed by atoms with Gasteiger partial charge in [-0.15, -0.1) is 0 Å². The quantitative estimate of drug-likeness (QED) is 0.609. The number of amides is 1. The van der Waals surface area contributed by atoms with Gasteiger partial charge in [0.1, 0.15) is 5.82 Å². The topological polar surface area (TPSA) is 55.1 Å². The van der Waals surface area contributed by atoms with Gasteiger partial charge in [0.05, 0.1) is 5.69 Å². The van der Waals surface area contributed by atoms with Crippen molar-refractivity contribution >= 4 is 11.6 Å². The van der Waals surface area contributed by atoms with Crippen LogP contribution in [0.15, 0.2) is 30.4 Å². The first-order chi connectivity index (χ1) is 8.16. The molecule has 1 aromatic rings. The summed E-state index contributed by atoms with van der Waals surface area (Å²) in [5.74, 6) is -0.801. The first kappa shape index (κ1) is 11.6. The average Bonchev–Trinajstić information content (AvgIpc) is 2.34. The van der Waals surface area contributed by atoms with Gasteiger partial charge in [0, 0.05) is 11.6 Å². The maximum absolute atomic E-state index is 13.2. The fourth-order valence-corrected chi connectivity index (χ4v) is 1.86. The minimum Gasteiger partial charge on any atom is -0.396 e. The summed E-state index contributed by atoms with van der Waals surface area (Å²) < 4.78 is 13.2. The lowest BCUT2D eigenvalue weighted by molar-refractivity contribution is 0.0934. The van der Waals surface area contributed by atoms with Crippen LogP contribution in [-0.4, -0.2) is 11.9 Å². The highest BCUT2D eigenvalue weighted by Gasteiger charge is 2.14. The maximum Gasteiger partial charge on any atom is 0.251 e. The monoisotopic (exact) mass is 234 g/mol. The third-order valence-corrected chi connectivity index (χ3v) is 2.87. The minimum atomic E-state index is -0.554. The van der Waals surface area contributed by atoms with Crippen LogP contribution in [0.3, 0.4) is 0 Å². The molecule has 4 heteroatoms. The number of hydrogen-bond donors (Lipinski definition) is 2. The van der Waals surface area contributed by atoms with Crippen molar-refractivity contribution in [3.63, 3.8) is 0 Å². The molecule has 0 bridgehead atoms. The molecule has 3 N–H and O–H groups in total. The predicted octanol–water partition coefficient (Wildman–Crippen LogP) is 2.25. The first-order valence-corrected chi connectivity index (χ1v) is 5.67. The molecule has 17 heavy (non-hydrogen) atoms. The molecule has 1 aliphatic carbocycles. The van der Waals surface area contributed by atoms with Gasteiger partial charge < -0.3 is 11.1 Å². The zero-order chi connectivity index (χ0) is 12.3. The predicted molar refractivity (Wildman–Crippen MR) is 65.1 cm³/mol. The lowest BCUT2D eigenvalue weighted by Crippen LogP contribution is -2.35. The van der Waals surface area contributed by atoms with Gasteiger partial charge in [0.2, 0.25) is 0 Å². The Morgan fingerprint density at radius 3 is 2.88 bits per heavy atom. The molecule has 0 aromatic heterocycles. The second-order valence-corrected chi connectivity index (χ2v) is 4.19. The molecule has 0 fully saturated rings. The number of nitrogen functional groups attached to an aromatic ring is 1. The van der Waals surface area contributed by atoms with E-state index in [2.05, 4.69) is 17.5 Å².